The molecular formula is C12H19N5O2. The lowest BCUT2D eigenvalue weighted by molar-refractivity contribution is 0.166. The second kappa shape index (κ2) is 6.35. The fraction of sp³-hybridized carbons (Fsp3) is 0.500. The van der Waals surface area contributed by atoms with E-state index in [4.69, 9.17) is 5.84 Å². The number of alkyl carbamates (subject to hydrolysis) is 1. The molecule has 1 amide bonds. The molecular weight excluding hydrogens is 246 g/mol. The Kier molecular flexibility index (Phi) is 4.53. The van der Waals surface area contributed by atoms with Crippen LogP contribution in [0.4, 0.5) is 10.6 Å². The summed E-state index contributed by atoms with van der Waals surface area (Å²) >= 11 is 0. The molecule has 1 aliphatic heterocycles. The fourth-order valence-corrected chi connectivity index (χ4v) is 2.26. The van der Waals surface area contributed by atoms with Crippen LogP contribution < -0.4 is 16.6 Å². The number of pyridine rings is 1. The molecule has 0 aliphatic carbocycles. The monoisotopic (exact) mass is 265 g/mol. The number of hydrogen-bond acceptors (Lipinski definition) is 6. The van der Waals surface area contributed by atoms with Crippen molar-refractivity contribution in [3.8, 4) is 0 Å². The summed E-state index contributed by atoms with van der Waals surface area (Å²) in [4.78, 5) is 17.6. The maximum atomic E-state index is 11.1. The normalized spacial score (nSPS) is 19.2. The molecule has 1 fully saturated rings. The smallest absolute Gasteiger partial charge is 0.407 e. The highest BCUT2D eigenvalue weighted by Gasteiger charge is 2.24. The number of ether oxygens (including phenoxy) is 1. The lowest BCUT2D eigenvalue weighted by Gasteiger charge is -2.17. The quantitative estimate of drug-likeness (QED) is 0.535. The molecule has 0 radical (unpaired) electrons. The Morgan fingerprint density at radius 2 is 2.53 bits per heavy atom. The molecule has 0 spiro atoms. The van der Waals surface area contributed by atoms with Gasteiger partial charge in [-0.1, -0.05) is 6.07 Å². The topological polar surface area (TPSA) is 92.5 Å². The van der Waals surface area contributed by atoms with Crippen LogP contribution in [0.1, 0.15) is 12.0 Å². The van der Waals surface area contributed by atoms with Gasteiger partial charge < -0.3 is 15.5 Å². The number of aromatic nitrogens is 1. The number of carbonyl (C=O) groups excluding carboxylic acids is 1. The van der Waals surface area contributed by atoms with Crippen LogP contribution in [0.2, 0.25) is 0 Å². The first kappa shape index (κ1) is 13.6. The average Bonchev–Trinajstić information content (AvgIpc) is 2.86. The third kappa shape index (κ3) is 3.55. The van der Waals surface area contributed by atoms with Gasteiger partial charge in [0.05, 0.1) is 7.11 Å². The number of nitrogen functional groups attached to an aromatic ring is 1. The van der Waals surface area contributed by atoms with E-state index >= 15 is 0 Å². The molecule has 1 aromatic heterocycles. The Balaban J connectivity index is 1.89. The number of anilines is 1. The third-order valence-electron chi connectivity index (χ3n) is 3.20. The molecule has 4 N–H and O–H groups in total. The zero-order chi connectivity index (χ0) is 13.7. The van der Waals surface area contributed by atoms with Crippen LogP contribution in [0, 0.1) is 0 Å². The van der Waals surface area contributed by atoms with Gasteiger partial charge in [-0.3, -0.25) is 4.90 Å². The van der Waals surface area contributed by atoms with Crippen molar-refractivity contribution in [1.29, 1.82) is 0 Å². The van der Waals surface area contributed by atoms with Crippen molar-refractivity contribution in [2.75, 3.05) is 25.6 Å². The van der Waals surface area contributed by atoms with E-state index in [-0.39, 0.29) is 12.1 Å². The van der Waals surface area contributed by atoms with Crippen molar-refractivity contribution in [1.82, 2.24) is 15.2 Å². The first-order valence-corrected chi connectivity index (χ1v) is 6.20. The summed E-state index contributed by atoms with van der Waals surface area (Å²) in [5.74, 6) is 6.12. The van der Waals surface area contributed by atoms with Gasteiger partial charge in [0.1, 0.15) is 5.82 Å². The summed E-state index contributed by atoms with van der Waals surface area (Å²) in [5.41, 5.74) is 3.64. The van der Waals surface area contributed by atoms with Crippen LogP contribution in [0.25, 0.3) is 0 Å². The molecule has 1 aromatic rings. The van der Waals surface area contributed by atoms with E-state index in [0.717, 1.165) is 31.6 Å². The van der Waals surface area contributed by atoms with Gasteiger partial charge in [-0.2, -0.15) is 0 Å². The van der Waals surface area contributed by atoms with E-state index in [1.807, 2.05) is 12.1 Å². The first-order chi connectivity index (χ1) is 9.22. The maximum Gasteiger partial charge on any atom is 0.407 e. The van der Waals surface area contributed by atoms with Gasteiger partial charge in [0.2, 0.25) is 0 Å². The van der Waals surface area contributed by atoms with Crippen molar-refractivity contribution in [2.24, 2.45) is 5.84 Å². The zero-order valence-electron chi connectivity index (χ0n) is 10.9. The maximum absolute atomic E-state index is 11.1. The van der Waals surface area contributed by atoms with Crippen molar-refractivity contribution in [3.05, 3.63) is 23.9 Å². The lowest BCUT2D eigenvalue weighted by atomic mass is 10.2. The molecule has 19 heavy (non-hydrogen) atoms. The van der Waals surface area contributed by atoms with Crippen LogP contribution in [0.3, 0.4) is 0 Å². The highest BCUT2D eigenvalue weighted by molar-refractivity contribution is 5.67. The van der Waals surface area contributed by atoms with Crippen LogP contribution >= 0.6 is 0 Å². The number of amides is 1. The molecule has 1 unspecified atom stereocenters. The Hall–Kier alpha value is -1.86. The molecule has 0 saturated carbocycles. The minimum atomic E-state index is -0.377. The number of methoxy groups -OCH3 is 1. The largest absolute Gasteiger partial charge is 0.453 e. The van der Waals surface area contributed by atoms with E-state index in [1.165, 1.54) is 7.11 Å². The molecule has 7 nitrogen and oxygen atoms in total. The molecule has 1 atom stereocenters. The number of nitrogens with two attached hydrogens (primary N) is 1. The minimum absolute atomic E-state index is 0.137. The third-order valence-corrected chi connectivity index (χ3v) is 3.20. The van der Waals surface area contributed by atoms with Gasteiger partial charge in [0.25, 0.3) is 0 Å². The van der Waals surface area contributed by atoms with Gasteiger partial charge in [0, 0.05) is 37.4 Å². The fourth-order valence-electron chi connectivity index (χ4n) is 2.26. The number of hydrogen-bond donors (Lipinski definition) is 3. The number of carbonyl (C=O) groups is 1. The predicted molar refractivity (Wildman–Crippen MR) is 71.3 cm³/mol. The molecule has 7 heteroatoms. The summed E-state index contributed by atoms with van der Waals surface area (Å²) in [7, 11) is 1.37. The van der Waals surface area contributed by atoms with Gasteiger partial charge >= 0.3 is 6.09 Å². The van der Waals surface area contributed by atoms with E-state index in [1.54, 1.807) is 6.20 Å². The number of likely N-dealkylation sites (tertiary alicyclic amines) is 1. The molecule has 1 saturated heterocycles. The van der Waals surface area contributed by atoms with E-state index in [0.29, 0.717) is 5.82 Å². The molecule has 0 aromatic carbocycles. The number of rotatable bonds is 4. The van der Waals surface area contributed by atoms with Crippen LogP contribution in [0.15, 0.2) is 18.3 Å². The first-order valence-electron chi connectivity index (χ1n) is 6.20. The standard InChI is InChI=1S/C12H19N5O2/c1-19-12(18)15-10-4-6-17(8-10)7-9-3-2-5-14-11(9)16-13/h2-3,5,10H,4,6-8,13H2,1H3,(H,14,16)(H,15,18). The molecule has 2 rings (SSSR count). The Labute approximate surface area is 112 Å². The lowest BCUT2D eigenvalue weighted by Crippen LogP contribution is -2.36. The van der Waals surface area contributed by atoms with Crippen LogP contribution in [0.5, 0.6) is 0 Å². The summed E-state index contributed by atoms with van der Waals surface area (Å²) in [5, 5.41) is 2.81. The Bertz CT molecular complexity index is 440. The van der Waals surface area contributed by atoms with Crippen LogP contribution in [-0.4, -0.2) is 42.2 Å². The number of nitrogens with one attached hydrogen (secondary N) is 2. The van der Waals surface area contributed by atoms with Crippen molar-refractivity contribution in [2.45, 2.75) is 19.0 Å². The highest BCUT2D eigenvalue weighted by atomic mass is 16.5. The summed E-state index contributed by atoms with van der Waals surface area (Å²) in [6, 6.07) is 4.01. The van der Waals surface area contributed by atoms with E-state index in [2.05, 4.69) is 25.4 Å². The number of nitrogens with zero attached hydrogens (tertiary/aromatic N) is 2. The van der Waals surface area contributed by atoms with Gasteiger partial charge in [0.15, 0.2) is 0 Å². The van der Waals surface area contributed by atoms with Crippen molar-refractivity contribution in [3.63, 3.8) is 0 Å². The second-order valence-electron chi connectivity index (χ2n) is 4.51. The number of hydrazine groups is 1. The Morgan fingerprint density at radius 1 is 1.68 bits per heavy atom. The van der Waals surface area contributed by atoms with Gasteiger partial charge in [-0.15, -0.1) is 0 Å². The summed E-state index contributed by atoms with van der Waals surface area (Å²) in [6.45, 7) is 2.48. The van der Waals surface area contributed by atoms with Crippen molar-refractivity contribution < 1.29 is 9.53 Å². The summed E-state index contributed by atoms with van der Waals surface area (Å²) in [6.07, 6.45) is 2.24. The Morgan fingerprint density at radius 3 is 3.26 bits per heavy atom. The van der Waals surface area contributed by atoms with Gasteiger partial charge in [-0.25, -0.2) is 15.6 Å². The molecule has 0 bridgehead atoms. The van der Waals surface area contributed by atoms with Gasteiger partial charge in [-0.05, 0) is 12.5 Å². The molecule has 2 heterocycles. The SMILES string of the molecule is COC(=O)NC1CCN(Cc2cccnc2NN)C1. The van der Waals surface area contributed by atoms with E-state index in [9.17, 15) is 4.79 Å². The summed E-state index contributed by atoms with van der Waals surface area (Å²) < 4.78 is 4.60. The molecule has 104 valence electrons. The highest BCUT2D eigenvalue weighted by Crippen LogP contribution is 2.17. The minimum Gasteiger partial charge on any atom is -0.453 e. The predicted octanol–water partition coefficient (Wildman–Crippen LogP) is 0.298. The van der Waals surface area contributed by atoms with Crippen molar-refractivity contribution >= 4 is 11.9 Å². The second-order valence-corrected chi connectivity index (χ2v) is 4.51. The average molecular weight is 265 g/mol. The van der Waals surface area contributed by atoms with E-state index < -0.39 is 0 Å². The zero-order valence-corrected chi connectivity index (χ0v) is 10.9. The molecule has 1 aliphatic rings. The van der Waals surface area contributed by atoms with Crippen LogP contribution in [-0.2, 0) is 11.3 Å².